The number of nitrogens with one attached hydrogen (secondary N) is 2. The van der Waals surface area contributed by atoms with Gasteiger partial charge in [0, 0.05) is 18.0 Å². The minimum absolute atomic E-state index is 0.0365. The molecule has 24 heavy (non-hydrogen) atoms. The summed E-state index contributed by atoms with van der Waals surface area (Å²) in [5.74, 6) is -0.755. The number of anilines is 1. The van der Waals surface area contributed by atoms with Crippen LogP contribution >= 0.6 is 0 Å². The monoisotopic (exact) mass is 323 g/mol. The highest BCUT2D eigenvalue weighted by atomic mass is 16.3. The van der Waals surface area contributed by atoms with Crippen LogP contribution in [0.15, 0.2) is 48.5 Å². The molecular weight excluding hydrogens is 306 g/mol. The third kappa shape index (κ3) is 4.58. The van der Waals surface area contributed by atoms with Gasteiger partial charge < -0.3 is 15.7 Å². The maximum absolute atomic E-state index is 12.0. The minimum Gasteiger partial charge on any atom is -0.506 e. The molecule has 0 aliphatic heterocycles. The summed E-state index contributed by atoms with van der Waals surface area (Å²) in [6.07, 6.45) is 0.0365. The summed E-state index contributed by atoms with van der Waals surface area (Å²) in [5.41, 5.74) is 1.01. The maximum atomic E-state index is 12.0. The lowest BCUT2D eigenvalue weighted by atomic mass is 10.1. The highest BCUT2D eigenvalue weighted by molar-refractivity contribution is 5.96. The Morgan fingerprint density at radius 1 is 1.21 bits per heavy atom. The molecule has 2 rings (SSSR count). The Bertz CT molecular complexity index is 782. The van der Waals surface area contributed by atoms with E-state index in [-0.39, 0.29) is 35.7 Å². The van der Waals surface area contributed by atoms with Crippen LogP contribution in [0.4, 0.5) is 5.69 Å². The second kappa shape index (κ2) is 7.79. The standard InChI is InChI=1S/C18H17N3O3/c1-12(20-18(24)14-5-3-2-4-6-14)9-17(23)21-15-10-13(11-19)7-8-16(15)22/h2-8,10,12,22H,9H2,1H3,(H,20,24)(H,21,23)/t12-/m0/s1. The van der Waals surface area contributed by atoms with Crippen LogP contribution in [-0.2, 0) is 4.79 Å². The molecule has 3 N–H and O–H groups in total. The molecule has 0 radical (unpaired) electrons. The van der Waals surface area contributed by atoms with Crippen LogP contribution in [0.3, 0.4) is 0 Å². The average Bonchev–Trinajstić information content (AvgIpc) is 2.57. The summed E-state index contributed by atoms with van der Waals surface area (Å²) in [6, 6.07) is 14.4. The molecule has 0 heterocycles. The van der Waals surface area contributed by atoms with E-state index in [2.05, 4.69) is 10.6 Å². The van der Waals surface area contributed by atoms with Crippen LogP contribution in [0.5, 0.6) is 5.75 Å². The first-order chi connectivity index (χ1) is 11.5. The summed E-state index contributed by atoms with van der Waals surface area (Å²) in [7, 11) is 0. The van der Waals surface area contributed by atoms with Crippen LogP contribution in [0.2, 0.25) is 0 Å². The summed E-state index contributed by atoms with van der Waals surface area (Å²) in [6.45, 7) is 1.71. The Morgan fingerprint density at radius 3 is 2.58 bits per heavy atom. The summed E-state index contributed by atoms with van der Waals surface area (Å²) in [4.78, 5) is 24.0. The molecule has 0 unspecified atom stereocenters. The molecule has 2 aromatic rings. The molecule has 0 fully saturated rings. The van der Waals surface area contributed by atoms with E-state index in [4.69, 9.17) is 5.26 Å². The third-order valence-electron chi connectivity index (χ3n) is 3.30. The summed E-state index contributed by atoms with van der Waals surface area (Å²) in [5, 5.41) is 23.8. The van der Waals surface area contributed by atoms with Crippen molar-refractivity contribution in [2.75, 3.05) is 5.32 Å². The third-order valence-corrected chi connectivity index (χ3v) is 3.30. The van der Waals surface area contributed by atoms with E-state index in [1.54, 1.807) is 31.2 Å². The van der Waals surface area contributed by atoms with Crippen LogP contribution in [0.1, 0.15) is 29.3 Å². The number of carbonyl (C=O) groups is 2. The van der Waals surface area contributed by atoms with E-state index in [0.717, 1.165) is 0 Å². The maximum Gasteiger partial charge on any atom is 0.251 e. The van der Waals surface area contributed by atoms with Gasteiger partial charge in [-0.05, 0) is 37.3 Å². The number of carbonyl (C=O) groups excluding carboxylic acids is 2. The quantitative estimate of drug-likeness (QED) is 0.735. The molecule has 2 amide bonds. The van der Waals surface area contributed by atoms with E-state index in [0.29, 0.717) is 11.1 Å². The lowest BCUT2D eigenvalue weighted by Gasteiger charge is -2.14. The molecule has 0 saturated carbocycles. The van der Waals surface area contributed by atoms with Crippen molar-refractivity contribution in [3.8, 4) is 11.8 Å². The summed E-state index contributed by atoms with van der Waals surface area (Å²) < 4.78 is 0. The molecule has 1 atom stereocenters. The van der Waals surface area contributed by atoms with Gasteiger partial charge in [-0.3, -0.25) is 9.59 Å². The van der Waals surface area contributed by atoms with Gasteiger partial charge in [-0.25, -0.2) is 0 Å². The fraction of sp³-hybridized carbons (Fsp3) is 0.167. The van der Waals surface area contributed by atoms with E-state index in [1.807, 2.05) is 12.1 Å². The van der Waals surface area contributed by atoms with Crippen molar-refractivity contribution in [1.29, 1.82) is 5.26 Å². The number of aromatic hydroxyl groups is 1. The fourth-order valence-corrected chi connectivity index (χ4v) is 2.13. The molecule has 0 saturated heterocycles. The molecular formula is C18H17N3O3. The van der Waals surface area contributed by atoms with Crippen molar-refractivity contribution in [3.63, 3.8) is 0 Å². The van der Waals surface area contributed by atoms with Crippen LogP contribution in [-0.4, -0.2) is 23.0 Å². The van der Waals surface area contributed by atoms with Crippen molar-refractivity contribution in [1.82, 2.24) is 5.32 Å². The highest BCUT2D eigenvalue weighted by Crippen LogP contribution is 2.24. The molecule has 6 nitrogen and oxygen atoms in total. The average molecular weight is 323 g/mol. The first kappa shape index (κ1) is 17.0. The van der Waals surface area contributed by atoms with Gasteiger partial charge in [0.15, 0.2) is 0 Å². The van der Waals surface area contributed by atoms with E-state index in [1.165, 1.54) is 18.2 Å². The number of nitriles is 1. The fourth-order valence-electron chi connectivity index (χ4n) is 2.13. The van der Waals surface area contributed by atoms with Gasteiger partial charge in [-0.1, -0.05) is 18.2 Å². The number of hydrogen-bond donors (Lipinski definition) is 3. The number of phenolic OH excluding ortho intramolecular Hbond substituents is 1. The van der Waals surface area contributed by atoms with Crippen molar-refractivity contribution < 1.29 is 14.7 Å². The minimum atomic E-state index is -0.390. The van der Waals surface area contributed by atoms with Gasteiger partial charge >= 0.3 is 0 Å². The molecule has 0 aliphatic carbocycles. The zero-order chi connectivity index (χ0) is 17.5. The Labute approximate surface area is 139 Å². The number of phenols is 1. The zero-order valence-corrected chi connectivity index (χ0v) is 13.1. The Hall–Kier alpha value is -3.33. The molecule has 0 spiro atoms. The molecule has 0 bridgehead atoms. The lowest BCUT2D eigenvalue weighted by molar-refractivity contribution is -0.116. The molecule has 2 aromatic carbocycles. The Kier molecular flexibility index (Phi) is 5.53. The predicted octanol–water partition coefficient (Wildman–Crippen LogP) is 2.41. The number of rotatable bonds is 5. The zero-order valence-electron chi connectivity index (χ0n) is 13.1. The van der Waals surface area contributed by atoms with Gasteiger partial charge in [0.2, 0.25) is 5.91 Å². The SMILES string of the molecule is C[C@@H](CC(=O)Nc1cc(C#N)ccc1O)NC(=O)c1ccccc1. The van der Waals surface area contributed by atoms with Crippen LogP contribution in [0.25, 0.3) is 0 Å². The number of hydrogen-bond acceptors (Lipinski definition) is 4. The first-order valence-electron chi connectivity index (χ1n) is 7.38. The normalized spacial score (nSPS) is 11.2. The topological polar surface area (TPSA) is 102 Å². The van der Waals surface area contributed by atoms with Gasteiger partial charge in [0.25, 0.3) is 5.91 Å². The van der Waals surface area contributed by atoms with E-state index < -0.39 is 0 Å². The van der Waals surface area contributed by atoms with Crippen molar-refractivity contribution in [2.45, 2.75) is 19.4 Å². The van der Waals surface area contributed by atoms with Crippen LogP contribution < -0.4 is 10.6 Å². The Balaban J connectivity index is 1.93. The second-order valence-electron chi connectivity index (χ2n) is 5.34. The lowest BCUT2D eigenvalue weighted by Crippen LogP contribution is -2.35. The van der Waals surface area contributed by atoms with Gasteiger partial charge in [0.05, 0.1) is 17.3 Å². The molecule has 6 heteroatoms. The van der Waals surface area contributed by atoms with Crippen LogP contribution in [0, 0.1) is 11.3 Å². The molecule has 122 valence electrons. The van der Waals surface area contributed by atoms with Crippen molar-refractivity contribution in [3.05, 3.63) is 59.7 Å². The summed E-state index contributed by atoms with van der Waals surface area (Å²) >= 11 is 0. The van der Waals surface area contributed by atoms with Gasteiger partial charge in [-0.15, -0.1) is 0 Å². The number of nitrogens with zero attached hydrogens (tertiary/aromatic N) is 1. The number of amides is 2. The van der Waals surface area contributed by atoms with Crippen molar-refractivity contribution >= 4 is 17.5 Å². The highest BCUT2D eigenvalue weighted by Gasteiger charge is 2.14. The predicted molar refractivity (Wildman–Crippen MR) is 89.4 cm³/mol. The first-order valence-corrected chi connectivity index (χ1v) is 7.38. The van der Waals surface area contributed by atoms with Crippen molar-refractivity contribution in [2.24, 2.45) is 0 Å². The smallest absolute Gasteiger partial charge is 0.251 e. The van der Waals surface area contributed by atoms with E-state index >= 15 is 0 Å². The molecule has 0 aromatic heterocycles. The number of benzene rings is 2. The van der Waals surface area contributed by atoms with Gasteiger partial charge in [-0.2, -0.15) is 5.26 Å². The van der Waals surface area contributed by atoms with E-state index in [9.17, 15) is 14.7 Å². The molecule has 0 aliphatic rings. The largest absolute Gasteiger partial charge is 0.506 e. The van der Waals surface area contributed by atoms with Gasteiger partial charge in [0.1, 0.15) is 5.75 Å². The second-order valence-corrected chi connectivity index (χ2v) is 5.34. The Morgan fingerprint density at radius 2 is 1.92 bits per heavy atom.